The van der Waals surface area contributed by atoms with Gasteiger partial charge in [-0.2, -0.15) is 0 Å². The van der Waals surface area contributed by atoms with Gasteiger partial charge in [-0.25, -0.2) is 4.79 Å². The molecule has 0 heterocycles. The zero-order chi connectivity index (χ0) is 14.1. The zero-order valence-electron chi connectivity index (χ0n) is 10.7. The predicted octanol–water partition coefficient (Wildman–Crippen LogP) is 2.20. The second-order valence-electron chi connectivity index (χ2n) is 3.76. The van der Waals surface area contributed by atoms with E-state index in [0.29, 0.717) is 13.2 Å². The lowest BCUT2D eigenvalue weighted by molar-refractivity contribution is -0.142. The fourth-order valence-electron chi connectivity index (χ4n) is 1.39. The van der Waals surface area contributed by atoms with Gasteiger partial charge in [-0.05, 0) is 18.6 Å². The van der Waals surface area contributed by atoms with Crippen LogP contribution in [0.1, 0.15) is 18.9 Å². The molecule has 0 bridgehead atoms. The van der Waals surface area contributed by atoms with Crippen molar-refractivity contribution in [2.75, 3.05) is 13.2 Å². The van der Waals surface area contributed by atoms with Gasteiger partial charge in [0.05, 0.1) is 13.0 Å². The molecule has 0 aliphatic rings. The van der Waals surface area contributed by atoms with Crippen molar-refractivity contribution < 1.29 is 14.3 Å². The minimum absolute atomic E-state index is 0.177. The Hall–Kier alpha value is -1.56. The maximum atomic E-state index is 11.5. The molecule has 5 nitrogen and oxygen atoms in total. The topological polar surface area (TPSA) is 67.4 Å². The van der Waals surface area contributed by atoms with Crippen LogP contribution in [-0.2, 0) is 16.1 Å². The first-order valence-electron chi connectivity index (χ1n) is 6.04. The fourth-order valence-corrected chi connectivity index (χ4v) is 1.82. The molecule has 0 radical (unpaired) electrons. The van der Waals surface area contributed by atoms with Crippen molar-refractivity contribution in [3.05, 3.63) is 34.3 Å². The quantitative estimate of drug-likeness (QED) is 0.786. The third-order valence-corrected chi connectivity index (χ3v) is 3.09. The zero-order valence-corrected chi connectivity index (χ0v) is 12.3. The van der Waals surface area contributed by atoms with E-state index in [1.165, 1.54) is 0 Å². The van der Waals surface area contributed by atoms with Crippen molar-refractivity contribution in [1.29, 1.82) is 0 Å². The number of halogens is 1. The molecule has 0 atom stereocenters. The molecule has 2 N–H and O–H groups in total. The standard InChI is InChI=1S/C13H17BrN2O3/c1-2-19-12(17)7-8-15-13(18)16-9-10-5-3-4-6-11(10)14/h3-6H,2,7-9H2,1H3,(H2,15,16,18). The third-order valence-electron chi connectivity index (χ3n) is 2.32. The van der Waals surface area contributed by atoms with Gasteiger partial charge in [-0.3, -0.25) is 4.79 Å². The van der Waals surface area contributed by atoms with Crippen LogP contribution in [0.3, 0.4) is 0 Å². The molecular weight excluding hydrogens is 312 g/mol. The summed E-state index contributed by atoms with van der Waals surface area (Å²) in [5, 5.41) is 5.31. The van der Waals surface area contributed by atoms with Crippen LogP contribution in [-0.4, -0.2) is 25.2 Å². The first-order chi connectivity index (χ1) is 9.13. The second-order valence-corrected chi connectivity index (χ2v) is 4.61. The van der Waals surface area contributed by atoms with E-state index >= 15 is 0 Å². The number of ether oxygens (including phenoxy) is 1. The van der Waals surface area contributed by atoms with E-state index < -0.39 is 0 Å². The van der Waals surface area contributed by atoms with Gasteiger partial charge < -0.3 is 15.4 Å². The molecule has 0 fully saturated rings. The molecule has 2 amide bonds. The number of hydrogen-bond acceptors (Lipinski definition) is 3. The molecule has 0 unspecified atom stereocenters. The average Bonchev–Trinajstić information content (AvgIpc) is 2.38. The molecule has 0 saturated heterocycles. The molecule has 19 heavy (non-hydrogen) atoms. The van der Waals surface area contributed by atoms with Crippen LogP contribution in [0.15, 0.2) is 28.7 Å². The molecule has 0 aromatic heterocycles. The summed E-state index contributed by atoms with van der Waals surface area (Å²) in [5.74, 6) is -0.311. The minimum Gasteiger partial charge on any atom is -0.466 e. The summed E-state index contributed by atoms with van der Waals surface area (Å²) in [6.07, 6.45) is 0.177. The molecule has 104 valence electrons. The van der Waals surface area contributed by atoms with Gasteiger partial charge in [0.1, 0.15) is 0 Å². The molecule has 1 aromatic rings. The van der Waals surface area contributed by atoms with Crippen LogP contribution >= 0.6 is 15.9 Å². The van der Waals surface area contributed by atoms with E-state index in [-0.39, 0.29) is 25.0 Å². The van der Waals surface area contributed by atoms with Crippen LogP contribution in [0.2, 0.25) is 0 Å². The summed E-state index contributed by atoms with van der Waals surface area (Å²) in [6, 6.07) is 7.34. The fraction of sp³-hybridized carbons (Fsp3) is 0.385. The average molecular weight is 329 g/mol. The largest absolute Gasteiger partial charge is 0.466 e. The number of carbonyl (C=O) groups is 2. The number of esters is 1. The van der Waals surface area contributed by atoms with Gasteiger partial charge in [0.25, 0.3) is 0 Å². The monoisotopic (exact) mass is 328 g/mol. The van der Waals surface area contributed by atoms with E-state index in [0.717, 1.165) is 10.0 Å². The minimum atomic E-state index is -0.311. The van der Waals surface area contributed by atoms with E-state index in [2.05, 4.69) is 26.6 Å². The Bertz CT molecular complexity index is 438. The summed E-state index contributed by atoms with van der Waals surface area (Å²) in [6.45, 7) is 2.79. The Kier molecular flexibility index (Phi) is 6.95. The van der Waals surface area contributed by atoms with Crippen molar-refractivity contribution in [1.82, 2.24) is 10.6 Å². The van der Waals surface area contributed by atoms with Crippen LogP contribution < -0.4 is 10.6 Å². The summed E-state index contributed by atoms with van der Waals surface area (Å²) < 4.78 is 5.70. The lowest BCUT2D eigenvalue weighted by Crippen LogP contribution is -2.36. The van der Waals surface area contributed by atoms with Crippen molar-refractivity contribution >= 4 is 27.9 Å². The first-order valence-corrected chi connectivity index (χ1v) is 6.83. The Balaban J connectivity index is 2.22. The van der Waals surface area contributed by atoms with Crippen molar-refractivity contribution in [2.45, 2.75) is 19.9 Å². The van der Waals surface area contributed by atoms with Crippen LogP contribution in [0, 0.1) is 0 Å². The maximum absolute atomic E-state index is 11.5. The van der Waals surface area contributed by atoms with Gasteiger partial charge >= 0.3 is 12.0 Å². The Labute approximate surface area is 120 Å². The summed E-state index contributed by atoms with van der Waals surface area (Å²) in [7, 11) is 0. The van der Waals surface area contributed by atoms with Crippen molar-refractivity contribution in [2.24, 2.45) is 0 Å². The van der Waals surface area contributed by atoms with E-state index in [1.54, 1.807) is 6.92 Å². The normalized spacial score (nSPS) is 9.79. The SMILES string of the molecule is CCOC(=O)CCNC(=O)NCc1ccccc1Br. The number of benzene rings is 1. The molecule has 1 aromatic carbocycles. The molecule has 0 saturated carbocycles. The maximum Gasteiger partial charge on any atom is 0.315 e. The lowest BCUT2D eigenvalue weighted by Gasteiger charge is -2.08. The number of hydrogen-bond donors (Lipinski definition) is 2. The van der Waals surface area contributed by atoms with Gasteiger partial charge in [-0.1, -0.05) is 34.1 Å². The number of urea groups is 1. The number of nitrogens with one attached hydrogen (secondary N) is 2. The summed E-state index contributed by atoms with van der Waals surface area (Å²) >= 11 is 3.40. The van der Waals surface area contributed by atoms with Gasteiger partial charge in [0.15, 0.2) is 0 Å². The predicted molar refractivity (Wildman–Crippen MR) is 75.6 cm³/mol. The molecule has 1 rings (SSSR count). The first kappa shape index (κ1) is 15.5. The summed E-state index contributed by atoms with van der Waals surface area (Å²) in [4.78, 5) is 22.5. The number of amides is 2. The van der Waals surface area contributed by atoms with Crippen LogP contribution in [0.4, 0.5) is 4.79 Å². The highest BCUT2D eigenvalue weighted by molar-refractivity contribution is 9.10. The number of carbonyl (C=O) groups excluding carboxylic acids is 2. The molecule has 0 aliphatic carbocycles. The summed E-state index contributed by atoms with van der Waals surface area (Å²) in [5.41, 5.74) is 0.989. The molecule has 6 heteroatoms. The molecular formula is C13H17BrN2O3. The second kappa shape index (κ2) is 8.53. The van der Waals surface area contributed by atoms with Gasteiger partial charge in [-0.15, -0.1) is 0 Å². The molecule has 0 spiro atoms. The van der Waals surface area contributed by atoms with E-state index in [9.17, 15) is 9.59 Å². The highest BCUT2D eigenvalue weighted by Gasteiger charge is 2.05. The van der Waals surface area contributed by atoms with Crippen LogP contribution in [0.5, 0.6) is 0 Å². The Morgan fingerprint density at radius 2 is 2.00 bits per heavy atom. The third kappa shape index (κ3) is 6.24. The smallest absolute Gasteiger partial charge is 0.315 e. The van der Waals surface area contributed by atoms with Gasteiger partial charge in [0.2, 0.25) is 0 Å². The highest BCUT2D eigenvalue weighted by atomic mass is 79.9. The number of rotatable bonds is 6. The van der Waals surface area contributed by atoms with Gasteiger partial charge in [0, 0.05) is 17.6 Å². The van der Waals surface area contributed by atoms with E-state index in [4.69, 9.17) is 4.74 Å². The van der Waals surface area contributed by atoms with Crippen molar-refractivity contribution in [3.63, 3.8) is 0 Å². The molecule has 0 aliphatic heterocycles. The van der Waals surface area contributed by atoms with Crippen LogP contribution in [0.25, 0.3) is 0 Å². The Morgan fingerprint density at radius 3 is 2.68 bits per heavy atom. The van der Waals surface area contributed by atoms with Crippen molar-refractivity contribution in [3.8, 4) is 0 Å². The lowest BCUT2D eigenvalue weighted by atomic mass is 10.2. The highest BCUT2D eigenvalue weighted by Crippen LogP contribution is 2.15. The van der Waals surface area contributed by atoms with E-state index in [1.807, 2.05) is 24.3 Å². The Morgan fingerprint density at radius 1 is 1.26 bits per heavy atom.